The van der Waals surface area contributed by atoms with Crippen molar-refractivity contribution in [2.45, 2.75) is 29.7 Å². The Balaban J connectivity index is 1.65. The molecule has 3 aromatic carbocycles. The number of hydrogen-bond acceptors (Lipinski definition) is 2. The molecule has 1 heterocycles. The van der Waals surface area contributed by atoms with Crippen molar-refractivity contribution in [2.75, 3.05) is 6.61 Å². The molecular weight excluding hydrogens is 403 g/mol. The first-order valence-electron chi connectivity index (χ1n) is 9.94. The van der Waals surface area contributed by atoms with Gasteiger partial charge in [-0.05, 0) is 43.2 Å². The van der Waals surface area contributed by atoms with Crippen molar-refractivity contribution in [1.29, 1.82) is 0 Å². The molecule has 0 amide bonds. The molecule has 0 unspecified atom stereocenters. The molecule has 1 fully saturated rings. The minimum absolute atomic E-state index is 0.0575. The van der Waals surface area contributed by atoms with Crippen molar-refractivity contribution < 1.29 is 9.47 Å². The van der Waals surface area contributed by atoms with E-state index in [2.05, 4.69) is 37.3 Å². The molecule has 0 aromatic heterocycles. The van der Waals surface area contributed by atoms with E-state index in [1.165, 1.54) is 11.1 Å². The lowest BCUT2D eigenvalue weighted by Crippen LogP contribution is -2.28. The van der Waals surface area contributed by atoms with Crippen molar-refractivity contribution >= 4 is 23.2 Å². The van der Waals surface area contributed by atoms with E-state index in [1.807, 2.05) is 49.4 Å². The second kappa shape index (κ2) is 6.68. The molecular formula is C25H22Cl2O2. The number of para-hydroxylation sites is 1. The molecule has 3 atom stereocenters. The van der Waals surface area contributed by atoms with Crippen molar-refractivity contribution in [3.63, 3.8) is 0 Å². The van der Waals surface area contributed by atoms with E-state index in [0.29, 0.717) is 6.61 Å². The molecule has 2 nitrogen and oxygen atoms in total. The maximum atomic E-state index is 6.98. The van der Waals surface area contributed by atoms with E-state index in [0.717, 1.165) is 22.6 Å². The van der Waals surface area contributed by atoms with Crippen LogP contribution in [-0.2, 0) is 5.60 Å². The summed E-state index contributed by atoms with van der Waals surface area (Å²) in [6, 6.07) is 24.7. The highest BCUT2D eigenvalue weighted by molar-refractivity contribution is 6.52. The number of alkyl halides is 2. The van der Waals surface area contributed by atoms with Gasteiger partial charge in [0.1, 0.15) is 11.5 Å². The van der Waals surface area contributed by atoms with E-state index in [4.69, 9.17) is 32.7 Å². The van der Waals surface area contributed by atoms with Gasteiger partial charge in [0.15, 0.2) is 9.93 Å². The van der Waals surface area contributed by atoms with Crippen molar-refractivity contribution in [2.24, 2.45) is 5.92 Å². The molecule has 148 valence electrons. The van der Waals surface area contributed by atoms with Crippen LogP contribution in [0, 0.1) is 12.8 Å². The third-order valence-corrected chi connectivity index (χ3v) is 7.16. The number of aryl methyl sites for hydroxylation is 1. The van der Waals surface area contributed by atoms with Crippen LogP contribution < -0.4 is 9.47 Å². The predicted octanol–water partition coefficient (Wildman–Crippen LogP) is 6.62. The molecule has 0 spiro atoms. The van der Waals surface area contributed by atoms with Crippen LogP contribution in [0.5, 0.6) is 11.5 Å². The number of halogens is 2. The number of ether oxygens (including phenoxy) is 2. The molecule has 3 aromatic rings. The lowest BCUT2D eigenvalue weighted by atomic mass is 9.82. The third-order valence-electron chi connectivity index (χ3n) is 6.13. The minimum atomic E-state index is -1.03. The van der Waals surface area contributed by atoms with Crippen LogP contribution in [0.3, 0.4) is 0 Å². The summed E-state index contributed by atoms with van der Waals surface area (Å²) in [5.74, 6) is 1.63. The third kappa shape index (κ3) is 2.69. The van der Waals surface area contributed by atoms with Crippen LogP contribution in [0.2, 0.25) is 0 Å². The van der Waals surface area contributed by atoms with Gasteiger partial charge in [-0.3, -0.25) is 0 Å². The summed E-state index contributed by atoms with van der Waals surface area (Å²) >= 11 is 14.0. The van der Waals surface area contributed by atoms with E-state index in [1.54, 1.807) is 0 Å². The van der Waals surface area contributed by atoms with Crippen LogP contribution in [0.1, 0.15) is 35.1 Å². The molecule has 0 saturated heterocycles. The highest BCUT2D eigenvalue weighted by Gasteiger charge is 2.83. The zero-order valence-electron chi connectivity index (χ0n) is 16.4. The molecule has 2 aliphatic rings. The summed E-state index contributed by atoms with van der Waals surface area (Å²) < 4.78 is 11.1. The normalized spacial score (nSPS) is 26.1. The van der Waals surface area contributed by atoms with Crippen molar-refractivity contribution in [1.82, 2.24) is 0 Å². The van der Waals surface area contributed by atoms with Crippen molar-refractivity contribution in [3.8, 4) is 11.5 Å². The van der Waals surface area contributed by atoms with E-state index >= 15 is 0 Å². The first-order chi connectivity index (χ1) is 14.0. The summed E-state index contributed by atoms with van der Waals surface area (Å²) in [5, 5.41) is 0. The van der Waals surface area contributed by atoms with Crippen LogP contribution in [-0.4, -0.2) is 10.9 Å². The average molecular weight is 425 g/mol. The van der Waals surface area contributed by atoms with Crippen molar-refractivity contribution in [3.05, 3.63) is 95.1 Å². The monoisotopic (exact) mass is 424 g/mol. The fraction of sp³-hybridized carbons (Fsp3) is 0.280. The zero-order chi connectivity index (χ0) is 20.2. The molecule has 0 N–H and O–H groups in total. The van der Waals surface area contributed by atoms with Gasteiger partial charge in [-0.1, -0.05) is 83.4 Å². The fourth-order valence-corrected chi connectivity index (χ4v) is 5.69. The molecule has 1 aliphatic heterocycles. The second-order valence-electron chi connectivity index (χ2n) is 7.82. The van der Waals surface area contributed by atoms with Crippen LogP contribution in [0.4, 0.5) is 0 Å². The first-order valence-corrected chi connectivity index (χ1v) is 10.7. The van der Waals surface area contributed by atoms with Gasteiger partial charge in [-0.15, -0.1) is 0 Å². The van der Waals surface area contributed by atoms with Crippen LogP contribution >= 0.6 is 23.2 Å². The van der Waals surface area contributed by atoms with E-state index in [-0.39, 0.29) is 11.8 Å². The topological polar surface area (TPSA) is 18.5 Å². The maximum absolute atomic E-state index is 6.98. The Kier molecular flexibility index (Phi) is 4.34. The summed E-state index contributed by atoms with van der Waals surface area (Å²) in [6.45, 7) is 4.69. The number of benzene rings is 3. The predicted molar refractivity (Wildman–Crippen MR) is 117 cm³/mol. The Hall–Kier alpha value is -2.16. The lowest BCUT2D eigenvalue weighted by molar-refractivity contribution is 0.137. The largest absolute Gasteiger partial charge is 0.494 e. The lowest BCUT2D eigenvalue weighted by Gasteiger charge is -2.32. The summed E-state index contributed by atoms with van der Waals surface area (Å²) in [6.07, 6.45) is 0. The van der Waals surface area contributed by atoms with Gasteiger partial charge in [0.25, 0.3) is 0 Å². The first kappa shape index (κ1) is 18.8. The quantitative estimate of drug-likeness (QED) is 0.438. The highest BCUT2D eigenvalue weighted by atomic mass is 35.5. The molecule has 5 rings (SSSR count). The Morgan fingerprint density at radius 1 is 0.931 bits per heavy atom. The summed E-state index contributed by atoms with van der Waals surface area (Å²) in [7, 11) is 0. The summed E-state index contributed by atoms with van der Waals surface area (Å²) in [5.41, 5.74) is 3.75. The SMILES string of the molecule is CCOc1ccc([C@]23Oc4ccccc4[C@@H](c4ccc(C)cc4)[C@@H]2C3(Cl)Cl)cc1. The van der Waals surface area contributed by atoms with E-state index in [9.17, 15) is 0 Å². The minimum Gasteiger partial charge on any atom is -0.494 e. The molecule has 1 saturated carbocycles. The van der Waals surface area contributed by atoms with Gasteiger partial charge in [0.2, 0.25) is 0 Å². The number of fused-ring (bicyclic) bond motifs is 2. The van der Waals surface area contributed by atoms with Gasteiger partial charge in [0.05, 0.1) is 12.5 Å². The van der Waals surface area contributed by atoms with Gasteiger partial charge in [0, 0.05) is 11.5 Å². The second-order valence-corrected chi connectivity index (χ2v) is 9.21. The van der Waals surface area contributed by atoms with Gasteiger partial charge < -0.3 is 9.47 Å². The van der Waals surface area contributed by atoms with Gasteiger partial charge in [-0.2, -0.15) is 0 Å². The molecule has 0 bridgehead atoms. The zero-order valence-corrected chi connectivity index (χ0v) is 17.9. The molecule has 29 heavy (non-hydrogen) atoms. The maximum Gasteiger partial charge on any atom is 0.174 e. The Morgan fingerprint density at radius 3 is 2.31 bits per heavy atom. The molecule has 4 heteroatoms. The average Bonchev–Trinajstić information content (AvgIpc) is 3.23. The van der Waals surface area contributed by atoms with Gasteiger partial charge >= 0.3 is 0 Å². The van der Waals surface area contributed by atoms with Gasteiger partial charge in [-0.25, -0.2) is 0 Å². The fourth-order valence-electron chi connectivity index (χ4n) is 4.71. The molecule has 1 aliphatic carbocycles. The number of hydrogen-bond donors (Lipinski definition) is 0. The highest BCUT2D eigenvalue weighted by Crippen LogP contribution is 2.77. The molecule has 0 radical (unpaired) electrons. The van der Waals surface area contributed by atoms with E-state index < -0.39 is 9.93 Å². The van der Waals surface area contributed by atoms with Crippen LogP contribution in [0.15, 0.2) is 72.8 Å². The number of rotatable bonds is 4. The van der Waals surface area contributed by atoms with Crippen LogP contribution in [0.25, 0.3) is 0 Å². The Bertz CT molecular complexity index is 1040. The standard InChI is InChI=1S/C25H22Cl2O2/c1-3-28-19-14-12-18(13-15-19)24-23(25(24,26)27)22(17-10-8-16(2)9-11-17)20-6-4-5-7-21(20)29-24/h4-15,22-23H,3H2,1-2H3/t22-,23+,24+/m1/s1. The Morgan fingerprint density at radius 2 is 1.62 bits per heavy atom. The Labute approximate surface area is 181 Å². The summed E-state index contributed by atoms with van der Waals surface area (Å²) in [4.78, 5) is 0. The smallest absolute Gasteiger partial charge is 0.174 e.